The monoisotopic (exact) mass is 228 g/mol. The van der Waals surface area contributed by atoms with E-state index in [1.54, 1.807) is 0 Å². The SMILES string of the molecule is CCC(CC)CNCC(=O)N1CCOCC1. The Morgan fingerprint density at radius 1 is 1.31 bits per heavy atom. The molecule has 4 nitrogen and oxygen atoms in total. The summed E-state index contributed by atoms with van der Waals surface area (Å²) in [5, 5.41) is 3.25. The van der Waals surface area contributed by atoms with Crippen molar-refractivity contribution in [1.29, 1.82) is 0 Å². The van der Waals surface area contributed by atoms with E-state index in [0.717, 1.165) is 19.6 Å². The van der Waals surface area contributed by atoms with Gasteiger partial charge < -0.3 is 15.0 Å². The highest BCUT2D eigenvalue weighted by atomic mass is 16.5. The number of hydrogen-bond acceptors (Lipinski definition) is 3. The second kappa shape index (κ2) is 7.63. The van der Waals surface area contributed by atoms with Crippen LogP contribution in [0.2, 0.25) is 0 Å². The van der Waals surface area contributed by atoms with E-state index in [2.05, 4.69) is 19.2 Å². The summed E-state index contributed by atoms with van der Waals surface area (Å²) in [7, 11) is 0. The van der Waals surface area contributed by atoms with Crippen molar-refractivity contribution >= 4 is 5.91 Å². The molecule has 1 N–H and O–H groups in total. The van der Waals surface area contributed by atoms with E-state index in [9.17, 15) is 4.79 Å². The minimum Gasteiger partial charge on any atom is -0.378 e. The summed E-state index contributed by atoms with van der Waals surface area (Å²) in [6, 6.07) is 0. The van der Waals surface area contributed by atoms with Crippen LogP contribution in [0.5, 0.6) is 0 Å². The van der Waals surface area contributed by atoms with Crippen LogP contribution in [0.3, 0.4) is 0 Å². The van der Waals surface area contributed by atoms with Crippen LogP contribution in [0.1, 0.15) is 26.7 Å². The molecule has 0 unspecified atom stereocenters. The highest BCUT2D eigenvalue weighted by Gasteiger charge is 2.16. The number of morpholine rings is 1. The smallest absolute Gasteiger partial charge is 0.236 e. The Morgan fingerprint density at radius 2 is 1.94 bits per heavy atom. The summed E-state index contributed by atoms with van der Waals surface area (Å²) in [4.78, 5) is 13.6. The quantitative estimate of drug-likeness (QED) is 0.733. The van der Waals surface area contributed by atoms with Crippen LogP contribution in [0.15, 0.2) is 0 Å². The number of nitrogens with one attached hydrogen (secondary N) is 1. The molecule has 0 aromatic rings. The van der Waals surface area contributed by atoms with E-state index >= 15 is 0 Å². The fraction of sp³-hybridized carbons (Fsp3) is 0.917. The van der Waals surface area contributed by atoms with Crippen molar-refractivity contribution in [3.8, 4) is 0 Å². The van der Waals surface area contributed by atoms with Crippen molar-refractivity contribution in [2.24, 2.45) is 5.92 Å². The third-order valence-electron chi connectivity index (χ3n) is 3.23. The molecule has 1 rings (SSSR count). The molecule has 0 saturated carbocycles. The van der Waals surface area contributed by atoms with Crippen LogP contribution < -0.4 is 5.32 Å². The van der Waals surface area contributed by atoms with Crippen LogP contribution in [0.25, 0.3) is 0 Å². The van der Waals surface area contributed by atoms with Crippen molar-refractivity contribution < 1.29 is 9.53 Å². The number of carbonyl (C=O) groups excluding carboxylic acids is 1. The molecule has 16 heavy (non-hydrogen) atoms. The van der Waals surface area contributed by atoms with Crippen molar-refractivity contribution in [1.82, 2.24) is 10.2 Å². The lowest BCUT2D eigenvalue weighted by atomic mass is 10.0. The average Bonchev–Trinajstić information content (AvgIpc) is 2.35. The molecular weight excluding hydrogens is 204 g/mol. The van der Waals surface area contributed by atoms with Crippen LogP contribution in [-0.4, -0.2) is 50.2 Å². The standard InChI is InChI=1S/C12H24N2O2/c1-3-11(4-2)9-13-10-12(15)14-5-7-16-8-6-14/h11,13H,3-10H2,1-2H3. The van der Waals surface area contributed by atoms with Gasteiger partial charge in [0.05, 0.1) is 19.8 Å². The van der Waals surface area contributed by atoms with E-state index < -0.39 is 0 Å². The first-order chi connectivity index (χ1) is 7.77. The molecule has 0 bridgehead atoms. The Morgan fingerprint density at radius 3 is 2.50 bits per heavy atom. The Labute approximate surface area is 98.3 Å². The molecule has 94 valence electrons. The fourth-order valence-electron chi connectivity index (χ4n) is 1.89. The number of carbonyl (C=O) groups is 1. The molecule has 4 heteroatoms. The number of rotatable bonds is 6. The van der Waals surface area contributed by atoms with Crippen LogP contribution >= 0.6 is 0 Å². The lowest BCUT2D eigenvalue weighted by molar-refractivity contribution is -0.134. The minimum absolute atomic E-state index is 0.203. The molecule has 0 aromatic heterocycles. The molecular formula is C12H24N2O2. The third-order valence-corrected chi connectivity index (χ3v) is 3.23. The Hall–Kier alpha value is -0.610. The zero-order chi connectivity index (χ0) is 11.8. The highest BCUT2D eigenvalue weighted by Crippen LogP contribution is 2.05. The second-order valence-electron chi connectivity index (χ2n) is 4.31. The summed E-state index contributed by atoms with van der Waals surface area (Å²) >= 11 is 0. The summed E-state index contributed by atoms with van der Waals surface area (Å²) in [5.41, 5.74) is 0. The molecule has 0 aromatic carbocycles. The summed E-state index contributed by atoms with van der Waals surface area (Å²) in [5.74, 6) is 0.895. The molecule has 0 radical (unpaired) electrons. The van der Waals surface area contributed by atoms with Gasteiger partial charge >= 0.3 is 0 Å². The summed E-state index contributed by atoms with van der Waals surface area (Å²) < 4.78 is 5.21. The number of amides is 1. The van der Waals surface area contributed by atoms with Gasteiger partial charge in [-0.2, -0.15) is 0 Å². The van der Waals surface area contributed by atoms with Gasteiger partial charge in [-0.05, 0) is 12.5 Å². The Bertz CT molecular complexity index is 199. The highest BCUT2D eigenvalue weighted by molar-refractivity contribution is 5.78. The van der Waals surface area contributed by atoms with Crippen LogP contribution in [-0.2, 0) is 9.53 Å². The maximum atomic E-state index is 11.8. The van der Waals surface area contributed by atoms with Crippen molar-refractivity contribution in [2.75, 3.05) is 39.4 Å². The number of hydrogen-bond donors (Lipinski definition) is 1. The molecule has 1 amide bonds. The van der Waals surface area contributed by atoms with E-state index in [4.69, 9.17) is 4.74 Å². The van der Waals surface area contributed by atoms with Gasteiger partial charge in [0.15, 0.2) is 0 Å². The Balaban J connectivity index is 2.13. The first kappa shape index (κ1) is 13.5. The zero-order valence-corrected chi connectivity index (χ0v) is 10.5. The molecule has 0 atom stereocenters. The van der Waals surface area contributed by atoms with Crippen molar-refractivity contribution in [2.45, 2.75) is 26.7 Å². The van der Waals surface area contributed by atoms with E-state index in [1.165, 1.54) is 12.8 Å². The average molecular weight is 228 g/mol. The zero-order valence-electron chi connectivity index (χ0n) is 10.5. The molecule has 1 aliphatic heterocycles. The van der Waals surface area contributed by atoms with Crippen LogP contribution in [0.4, 0.5) is 0 Å². The van der Waals surface area contributed by atoms with E-state index in [1.807, 2.05) is 4.90 Å². The first-order valence-electron chi connectivity index (χ1n) is 6.34. The maximum absolute atomic E-state index is 11.8. The van der Waals surface area contributed by atoms with Gasteiger partial charge in [0, 0.05) is 13.1 Å². The van der Waals surface area contributed by atoms with Gasteiger partial charge in [-0.15, -0.1) is 0 Å². The van der Waals surface area contributed by atoms with Crippen molar-refractivity contribution in [3.05, 3.63) is 0 Å². The molecule has 1 fully saturated rings. The summed E-state index contributed by atoms with van der Waals surface area (Å²) in [6.45, 7) is 8.65. The molecule has 1 saturated heterocycles. The third kappa shape index (κ3) is 4.49. The van der Waals surface area contributed by atoms with Crippen LogP contribution in [0, 0.1) is 5.92 Å². The normalized spacial score (nSPS) is 16.8. The minimum atomic E-state index is 0.203. The Kier molecular flexibility index (Phi) is 6.42. The van der Waals surface area contributed by atoms with Gasteiger partial charge in [0.2, 0.25) is 5.91 Å². The molecule has 1 aliphatic rings. The number of ether oxygens (including phenoxy) is 1. The van der Waals surface area contributed by atoms with E-state index in [-0.39, 0.29) is 5.91 Å². The first-order valence-corrected chi connectivity index (χ1v) is 6.34. The van der Waals surface area contributed by atoms with E-state index in [0.29, 0.717) is 25.7 Å². The molecule has 0 spiro atoms. The fourth-order valence-corrected chi connectivity index (χ4v) is 1.89. The predicted octanol–water partition coefficient (Wildman–Crippen LogP) is 0.871. The topological polar surface area (TPSA) is 41.6 Å². The molecule has 1 heterocycles. The second-order valence-corrected chi connectivity index (χ2v) is 4.31. The maximum Gasteiger partial charge on any atom is 0.236 e. The van der Waals surface area contributed by atoms with Gasteiger partial charge in [-0.25, -0.2) is 0 Å². The van der Waals surface area contributed by atoms with Gasteiger partial charge in [0.1, 0.15) is 0 Å². The van der Waals surface area contributed by atoms with Gasteiger partial charge in [-0.1, -0.05) is 26.7 Å². The lowest BCUT2D eigenvalue weighted by Gasteiger charge is -2.27. The van der Waals surface area contributed by atoms with Gasteiger partial charge in [-0.3, -0.25) is 4.79 Å². The van der Waals surface area contributed by atoms with Gasteiger partial charge in [0.25, 0.3) is 0 Å². The summed E-state index contributed by atoms with van der Waals surface area (Å²) in [6.07, 6.45) is 2.35. The lowest BCUT2D eigenvalue weighted by Crippen LogP contribution is -2.45. The largest absolute Gasteiger partial charge is 0.378 e. The number of nitrogens with zero attached hydrogens (tertiary/aromatic N) is 1. The van der Waals surface area contributed by atoms with Crippen molar-refractivity contribution in [3.63, 3.8) is 0 Å². The predicted molar refractivity (Wildman–Crippen MR) is 64.3 cm³/mol. The molecule has 0 aliphatic carbocycles.